The molecule has 86 valence electrons. The molecule has 1 unspecified atom stereocenters. The highest BCUT2D eigenvalue weighted by Gasteiger charge is 2.37. The minimum Gasteiger partial charge on any atom is -0.434 e. The van der Waals surface area contributed by atoms with Crippen molar-refractivity contribution >= 4 is 17.4 Å². The fourth-order valence-electron chi connectivity index (χ4n) is 2.09. The van der Waals surface area contributed by atoms with E-state index >= 15 is 0 Å². The first kappa shape index (κ1) is 10.9. The summed E-state index contributed by atoms with van der Waals surface area (Å²) < 4.78 is 4.85. The Kier molecular flexibility index (Phi) is 3.03. The smallest absolute Gasteiger partial charge is 0.318 e. The maximum absolute atomic E-state index is 11.6. The minimum atomic E-state index is -0.264. The number of hydrogen-bond donors (Lipinski definition) is 1. The quantitative estimate of drug-likeness (QED) is 0.733. The van der Waals surface area contributed by atoms with Crippen LogP contribution in [0.4, 0.5) is 0 Å². The average Bonchev–Trinajstić information content (AvgIpc) is 2.74. The predicted octanol–water partition coefficient (Wildman–Crippen LogP) is 1.42. The molecular formula is C11H15N3O2. The monoisotopic (exact) mass is 221 g/mol. The summed E-state index contributed by atoms with van der Waals surface area (Å²) in [6, 6.07) is 0. The summed E-state index contributed by atoms with van der Waals surface area (Å²) in [6.45, 7) is 4.05. The third-order valence-electron chi connectivity index (χ3n) is 2.93. The summed E-state index contributed by atoms with van der Waals surface area (Å²) in [4.78, 5) is 11.6. The molecule has 0 fully saturated rings. The molecular weight excluding hydrogens is 206 g/mol. The molecule has 0 saturated carbocycles. The molecule has 5 heteroatoms. The van der Waals surface area contributed by atoms with Gasteiger partial charge in [-0.1, -0.05) is 13.8 Å². The van der Waals surface area contributed by atoms with Crippen molar-refractivity contribution in [1.29, 1.82) is 0 Å². The van der Waals surface area contributed by atoms with Gasteiger partial charge in [0.1, 0.15) is 0 Å². The fourth-order valence-corrected chi connectivity index (χ4v) is 2.09. The first-order valence-corrected chi connectivity index (χ1v) is 5.53. The summed E-state index contributed by atoms with van der Waals surface area (Å²) in [5.74, 6) is -0.517. The van der Waals surface area contributed by atoms with E-state index in [4.69, 9.17) is 4.74 Å². The van der Waals surface area contributed by atoms with Gasteiger partial charge in [0, 0.05) is 11.4 Å². The number of rotatable bonds is 3. The van der Waals surface area contributed by atoms with E-state index in [2.05, 4.69) is 15.7 Å². The summed E-state index contributed by atoms with van der Waals surface area (Å²) in [5, 5.41) is 8.29. The number of nitrogens with zero attached hydrogens (tertiary/aromatic N) is 2. The topological polar surface area (TPSA) is 63.1 Å². The second-order valence-electron chi connectivity index (χ2n) is 3.78. The van der Waals surface area contributed by atoms with Crippen LogP contribution in [0.25, 0.3) is 0 Å². The van der Waals surface area contributed by atoms with E-state index in [0.29, 0.717) is 0 Å². The Bertz CT molecular complexity index is 365. The number of nitrogens with one attached hydrogen (secondary N) is 1. The Morgan fingerprint density at radius 3 is 2.38 bits per heavy atom. The molecule has 0 amide bonds. The zero-order chi connectivity index (χ0) is 11.5. The van der Waals surface area contributed by atoms with Crippen molar-refractivity contribution in [2.75, 3.05) is 0 Å². The Morgan fingerprint density at radius 2 is 1.94 bits per heavy atom. The molecule has 0 saturated heterocycles. The summed E-state index contributed by atoms with van der Waals surface area (Å²) in [7, 11) is 0. The van der Waals surface area contributed by atoms with E-state index in [-0.39, 0.29) is 17.8 Å². The Hall–Kier alpha value is -1.65. The van der Waals surface area contributed by atoms with E-state index < -0.39 is 0 Å². The molecule has 0 aromatic heterocycles. The lowest BCUT2D eigenvalue weighted by molar-refractivity contribution is -0.139. The highest BCUT2D eigenvalue weighted by Crippen LogP contribution is 2.27. The lowest BCUT2D eigenvalue weighted by atomic mass is 9.82. The molecule has 5 nitrogen and oxygen atoms in total. The van der Waals surface area contributed by atoms with Crippen molar-refractivity contribution in [2.24, 2.45) is 22.0 Å². The van der Waals surface area contributed by atoms with Crippen LogP contribution in [0, 0.1) is 11.8 Å². The molecule has 2 aliphatic heterocycles. The zero-order valence-electron chi connectivity index (χ0n) is 9.43. The van der Waals surface area contributed by atoms with Crippen molar-refractivity contribution in [1.82, 2.24) is 5.53 Å². The SMILES string of the molecule is CCC1=NNN=C(CC)C1C1C=COC1=O. The van der Waals surface area contributed by atoms with E-state index in [1.54, 1.807) is 6.08 Å². The second kappa shape index (κ2) is 4.47. The van der Waals surface area contributed by atoms with Gasteiger partial charge in [-0.25, -0.2) is 0 Å². The molecule has 1 N–H and O–H groups in total. The standard InChI is InChI=1S/C11H15N3O2/c1-3-8-10(7-5-6-16-11(7)15)9(4-2)13-14-12-8/h5-7,10,14H,3-4H2,1-2H3. The van der Waals surface area contributed by atoms with Crippen LogP contribution in [0.15, 0.2) is 22.5 Å². The number of cyclic esters (lactones) is 1. The molecule has 0 aromatic carbocycles. The molecule has 0 aromatic rings. The zero-order valence-corrected chi connectivity index (χ0v) is 9.43. The number of hydrogen-bond acceptors (Lipinski definition) is 5. The third kappa shape index (κ3) is 1.73. The lowest BCUT2D eigenvalue weighted by Gasteiger charge is -2.25. The Morgan fingerprint density at radius 1 is 1.31 bits per heavy atom. The van der Waals surface area contributed by atoms with Gasteiger partial charge in [-0.15, -0.1) is 0 Å². The highest BCUT2D eigenvalue weighted by molar-refractivity contribution is 6.11. The first-order chi connectivity index (χ1) is 7.77. The molecule has 2 rings (SSSR count). The molecule has 0 spiro atoms. The van der Waals surface area contributed by atoms with Gasteiger partial charge in [-0.05, 0) is 18.9 Å². The van der Waals surface area contributed by atoms with Crippen molar-refractivity contribution < 1.29 is 9.53 Å². The van der Waals surface area contributed by atoms with Crippen LogP contribution in [0.3, 0.4) is 0 Å². The van der Waals surface area contributed by atoms with E-state index in [9.17, 15) is 4.79 Å². The molecule has 0 radical (unpaired) electrons. The van der Waals surface area contributed by atoms with Gasteiger partial charge < -0.3 is 4.74 Å². The molecule has 0 bridgehead atoms. The first-order valence-electron chi connectivity index (χ1n) is 5.53. The number of carbonyl (C=O) groups excluding carboxylic acids is 1. The van der Waals surface area contributed by atoms with Gasteiger partial charge in [-0.2, -0.15) is 15.7 Å². The third-order valence-corrected chi connectivity index (χ3v) is 2.93. The summed E-state index contributed by atoms with van der Waals surface area (Å²) in [6.07, 6.45) is 4.84. The summed E-state index contributed by atoms with van der Waals surface area (Å²) in [5.41, 5.74) is 4.57. The predicted molar refractivity (Wildman–Crippen MR) is 60.8 cm³/mol. The maximum atomic E-state index is 11.6. The Balaban J connectivity index is 2.29. The molecule has 2 aliphatic rings. The van der Waals surface area contributed by atoms with Crippen LogP contribution in [0.2, 0.25) is 0 Å². The second-order valence-corrected chi connectivity index (χ2v) is 3.78. The molecule has 16 heavy (non-hydrogen) atoms. The molecule has 2 heterocycles. The number of carbonyl (C=O) groups is 1. The van der Waals surface area contributed by atoms with Crippen LogP contribution in [0.5, 0.6) is 0 Å². The van der Waals surface area contributed by atoms with Crippen molar-refractivity contribution in [3.05, 3.63) is 12.3 Å². The average molecular weight is 221 g/mol. The van der Waals surface area contributed by atoms with E-state index in [1.165, 1.54) is 6.26 Å². The van der Waals surface area contributed by atoms with Gasteiger partial charge in [0.25, 0.3) is 0 Å². The number of esters is 1. The molecule has 0 aliphatic carbocycles. The van der Waals surface area contributed by atoms with Crippen molar-refractivity contribution in [2.45, 2.75) is 26.7 Å². The minimum absolute atomic E-state index is 0.0394. The van der Waals surface area contributed by atoms with Crippen LogP contribution in [0.1, 0.15) is 26.7 Å². The van der Waals surface area contributed by atoms with Gasteiger partial charge in [-0.3, -0.25) is 4.79 Å². The van der Waals surface area contributed by atoms with Crippen LogP contribution in [-0.4, -0.2) is 17.4 Å². The van der Waals surface area contributed by atoms with Gasteiger partial charge >= 0.3 is 5.97 Å². The van der Waals surface area contributed by atoms with E-state index in [0.717, 1.165) is 24.3 Å². The van der Waals surface area contributed by atoms with Crippen LogP contribution in [-0.2, 0) is 9.53 Å². The number of hydrazone groups is 2. The maximum Gasteiger partial charge on any atom is 0.318 e. The van der Waals surface area contributed by atoms with Gasteiger partial charge in [0.2, 0.25) is 0 Å². The number of ether oxygens (including phenoxy) is 1. The largest absolute Gasteiger partial charge is 0.434 e. The van der Waals surface area contributed by atoms with Gasteiger partial charge in [0.15, 0.2) is 0 Å². The summed E-state index contributed by atoms with van der Waals surface area (Å²) >= 11 is 0. The lowest BCUT2D eigenvalue weighted by Crippen LogP contribution is -2.37. The van der Waals surface area contributed by atoms with Crippen LogP contribution < -0.4 is 5.53 Å². The normalized spacial score (nSPS) is 24.9. The Labute approximate surface area is 94.2 Å². The fraction of sp³-hybridized carbons (Fsp3) is 0.545. The van der Waals surface area contributed by atoms with E-state index in [1.807, 2.05) is 13.8 Å². The van der Waals surface area contributed by atoms with Crippen molar-refractivity contribution in [3.63, 3.8) is 0 Å². The molecule has 1 atom stereocenters. The van der Waals surface area contributed by atoms with Gasteiger partial charge in [0.05, 0.1) is 18.1 Å². The van der Waals surface area contributed by atoms with Crippen molar-refractivity contribution in [3.8, 4) is 0 Å². The highest BCUT2D eigenvalue weighted by atomic mass is 16.5. The van der Waals surface area contributed by atoms with Crippen LogP contribution >= 0.6 is 0 Å².